The maximum absolute atomic E-state index is 12.3. The molecular formula is C21H17N3O5S. The molecule has 8 nitrogen and oxygen atoms in total. The normalized spacial score (nSPS) is 10.6. The molecule has 0 aliphatic rings. The van der Waals surface area contributed by atoms with Crippen LogP contribution in [-0.2, 0) is 11.3 Å². The Morgan fingerprint density at radius 3 is 2.60 bits per heavy atom. The molecule has 9 heteroatoms. The molecular weight excluding hydrogens is 406 g/mol. The van der Waals surface area contributed by atoms with E-state index >= 15 is 0 Å². The highest BCUT2D eigenvalue weighted by atomic mass is 32.1. The lowest BCUT2D eigenvalue weighted by atomic mass is 10.2. The van der Waals surface area contributed by atoms with Crippen molar-refractivity contribution in [2.45, 2.75) is 6.61 Å². The van der Waals surface area contributed by atoms with Crippen molar-refractivity contribution in [2.75, 3.05) is 14.2 Å². The molecule has 0 saturated carbocycles. The monoisotopic (exact) mass is 423 g/mol. The Kier molecular flexibility index (Phi) is 5.71. The average molecular weight is 423 g/mol. The standard InChI is InChI=1S/C21H17N3O5S/c1-26-14-9-7-13(8-10-14)20-22-16(12-30-20)21(25)28-11-18-23-19(24-29-18)15-5-3-4-6-17(15)27-2/h3-10,12H,11H2,1-2H3. The summed E-state index contributed by atoms with van der Waals surface area (Å²) < 4.78 is 20.9. The molecule has 0 unspecified atom stereocenters. The molecule has 0 radical (unpaired) electrons. The molecule has 4 rings (SSSR count). The van der Waals surface area contributed by atoms with Gasteiger partial charge in [-0.1, -0.05) is 17.3 Å². The maximum atomic E-state index is 12.3. The Labute approximate surface area is 176 Å². The first kappa shape index (κ1) is 19.6. The number of rotatable bonds is 7. The number of thiazole rings is 1. The molecule has 2 heterocycles. The summed E-state index contributed by atoms with van der Waals surface area (Å²) in [5, 5.41) is 6.28. The van der Waals surface area contributed by atoms with Gasteiger partial charge < -0.3 is 18.7 Å². The molecule has 0 spiro atoms. The second-order valence-electron chi connectivity index (χ2n) is 6.05. The molecule has 2 aromatic heterocycles. The van der Waals surface area contributed by atoms with Crippen LogP contribution in [0.4, 0.5) is 0 Å². The molecule has 152 valence electrons. The molecule has 0 bridgehead atoms. The summed E-state index contributed by atoms with van der Waals surface area (Å²) >= 11 is 1.35. The smallest absolute Gasteiger partial charge is 0.358 e. The van der Waals surface area contributed by atoms with Crippen molar-refractivity contribution < 1.29 is 23.5 Å². The van der Waals surface area contributed by atoms with E-state index in [2.05, 4.69) is 15.1 Å². The quantitative estimate of drug-likeness (QED) is 0.407. The van der Waals surface area contributed by atoms with E-state index in [1.807, 2.05) is 42.5 Å². The van der Waals surface area contributed by atoms with Gasteiger partial charge in [0.05, 0.1) is 19.8 Å². The number of carbonyl (C=O) groups excluding carboxylic acids is 1. The van der Waals surface area contributed by atoms with Crippen molar-refractivity contribution in [3.63, 3.8) is 0 Å². The number of ether oxygens (including phenoxy) is 3. The first-order chi connectivity index (χ1) is 14.7. The van der Waals surface area contributed by atoms with Crippen molar-refractivity contribution in [3.05, 3.63) is 65.5 Å². The Bertz CT molecular complexity index is 1150. The van der Waals surface area contributed by atoms with E-state index in [0.29, 0.717) is 22.1 Å². The SMILES string of the molecule is COc1ccc(-c2nc(C(=O)OCc3nc(-c4ccccc4OC)no3)cs2)cc1. The molecule has 0 aliphatic heterocycles. The van der Waals surface area contributed by atoms with Gasteiger partial charge in [0, 0.05) is 10.9 Å². The molecule has 0 fully saturated rings. The maximum Gasteiger partial charge on any atom is 0.358 e. The second kappa shape index (κ2) is 8.75. The zero-order valence-corrected chi connectivity index (χ0v) is 17.0. The molecule has 30 heavy (non-hydrogen) atoms. The predicted octanol–water partition coefficient (Wildman–Crippen LogP) is 4.23. The highest BCUT2D eigenvalue weighted by Crippen LogP contribution is 2.28. The van der Waals surface area contributed by atoms with Crippen LogP contribution in [0.5, 0.6) is 11.5 Å². The summed E-state index contributed by atoms with van der Waals surface area (Å²) in [6.45, 7) is -0.156. The van der Waals surface area contributed by atoms with Crippen LogP contribution in [0.1, 0.15) is 16.4 Å². The summed E-state index contributed by atoms with van der Waals surface area (Å²) in [5.74, 6) is 1.34. The number of hydrogen-bond acceptors (Lipinski definition) is 9. The zero-order valence-electron chi connectivity index (χ0n) is 16.2. The minimum atomic E-state index is -0.567. The number of benzene rings is 2. The number of hydrogen-bond donors (Lipinski definition) is 0. The molecule has 0 atom stereocenters. The zero-order chi connectivity index (χ0) is 20.9. The Balaban J connectivity index is 1.41. The largest absolute Gasteiger partial charge is 0.497 e. The van der Waals surface area contributed by atoms with E-state index in [1.165, 1.54) is 11.3 Å². The van der Waals surface area contributed by atoms with Gasteiger partial charge >= 0.3 is 5.97 Å². The first-order valence-electron chi connectivity index (χ1n) is 8.91. The number of aromatic nitrogens is 3. The van der Waals surface area contributed by atoms with Crippen LogP contribution >= 0.6 is 11.3 Å². The van der Waals surface area contributed by atoms with E-state index in [-0.39, 0.29) is 18.2 Å². The first-order valence-corrected chi connectivity index (χ1v) is 9.79. The molecule has 0 aliphatic carbocycles. The number of esters is 1. The van der Waals surface area contributed by atoms with Gasteiger partial charge in [0.2, 0.25) is 5.82 Å². The lowest BCUT2D eigenvalue weighted by Crippen LogP contribution is -2.05. The van der Waals surface area contributed by atoms with E-state index < -0.39 is 5.97 Å². The van der Waals surface area contributed by atoms with Gasteiger partial charge in [-0.25, -0.2) is 9.78 Å². The second-order valence-corrected chi connectivity index (χ2v) is 6.91. The minimum Gasteiger partial charge on any atom is -0.497 e. The lowest BCUT2D eigenvalue weighted by molar-refractivity contribution is 0.0424. The number of methoxy groups -OCH3 is 2. The third-order valence-electron chi connectivity index (χ3n) is 4.19. The van der Waals surface area contributed by atoms with E-state index in [4.69, 9.17) is 18.7 Å². The highest BCUT2D eigenvalue weighted by Gasteiger charge is 2.17. The lowest BCUT2D eigenvalue weighted by Gasteiger charge is -2.03. The fraction of sp³-hybridized carbons (Fsp3) is 0.143. The van der Waals surface area contributed by atoms with Gasteiger partial charge in [-0.15, -0.1) is 11.3 Å². The molecule has 0 N–H and O–H groups in total. The Hall–Kier alpha value is -3.72. The predicted molar refractivity (Wildman–Crippen MR) is 110 cm³/mol. The number of nitrogens with zero attached hydrogens (tertiary/aromatic N) is 3. The number of carbonyl (C=O) groups is 1. The van der Waals surface area contributed by atoms with Crippen LogP contribution in [0.15, 0.2) is 58.4 Å². The topological polar surface area (TPSA) is 96.6 Å². The van der Waals surface area contributed by atoms with E-state index in [1.54, 1.807) is 25.7 Å². The summed E-state index contributed by atoms with van der Waals surface area (Å²) in [7, 11) is 3.17. The summed E-state index contributed by atoms with van der Waals surface area (Å²) in [6, 6.07) is 14.7. The summed E-state index contributed by atoms with van der Waals surface area (Å²) in [5.41, 5.74) is 1.79. The van der Waals surface area contributed by atoms with Gasteiger partial charge in [-0.2, -0.15) is 4.98 Å². The van der Waals surface area contributed by atoms with E-state index in [9.17, 15) is 4.79 Å². The van der Waals surface area contributed by atoms with Crippen LogP contribution in [-0.4, -0.2) is 35.3 Å². The van der Waals surface area contributed by atoms with Gasteiger partial charge in [0.1, 0.15) is 16.5 Å². The fourth-order valence-corrected chi connectivity index (χ4v) is 3.48. The Morgan fingerprint density at radius 2 is 1.83 bits per heavy atom. The molecule has 0 amide bonds. The average Bonchev–Trinajstić information content (AvgIpc) is 3.48. The minimum absolute atomic E-state index is 0.156. The van der Waals surface area contributed by atoms with Crippen LogP contribution in [0.3, 0.4) is 0 Å². The van der Waals surface area contributed by atoms with Crippen LogP contribution in [0, 0.1) is 0 Å². The van der Waals surface area contributed by atoms with Crippen molar-refractivity contribution in [1.82, 2.24) is 15.1 Å². The third-order valence-corrected chi connectivity index (χ3v) is 5.08. The van der Waals surface area contributed by atoms with Crippen molar-refractivity contribution >= 4 is 17.3 Å². The van der Waals surface area contributed by atoms with Gasteiger partial charge in [-0.3, -0.25) is 0 Å². The van der Waals surface area contributed by atoms with Crippen LogP contribution in [0.25, 0.3) is 22.0 Å². The number of para-hydroxylation sites is 1. The van der Waals surface area contributed by atoms with Gasteiger partial charge in [0.15, 0.2) is 12.3 Å². The van der Waals surface area contributed by atoms with Gasteiger partial charge in [-0.05, 0) is 36.4 Å². The highest BCUT2D eigenvalue weighted by molar-refractivity contribution is 7.13. The van der Waals surface area contributed by atoms with E-state index in [0.717, 1.165) is 11.3 Å². The third kappa shape index (κ3) is 4.15. The van der Waals surface area contributed by atoms with Crippen LogP contribution in [0.2, 0.25) is 0 Å². The van der Waals surface area contributed by atoms with Crippen molar-refractivity contribution in [3.8, 4) is 33.5 Å². The van der Waals surface area contributed by atoms with Gasteiger partial charge in [0.25, 0.3) is 5.89 Å². The Morgan fingerprint density at radius 1 is 1.03 bits per heavy atom. The molecule has 4 aromatic rings. The fourth-order valence-electron chi connectivity index (χ4n) is 2.69. The van der Waals surface area contributed by atoms with Crippen molar-refractivity contribution in [2.24, 2.45) is 0 Å². The summed E-state index contributed by atoms with van der Waals surface area (Å²) in [4.78, 5) is 20.9. The molecule has 0 saturated heterocycles. The molecule has 2 aromatic carbocycles. The summed E-state index contributed by atoms with van der Waals surface area (Å²) in [6.07, 6.45) is 0. The van der Waals surface area contributed by atoms with Crippen molar-refractivity contribution in [1.29, 1.82) is 0 Å². The van der Waals surface area contributed by atoms with Crippen LogP contribution < -0.4 is 9.47 Å².